The SMILES string of the molecule is Cc1cccc(NC(=O)[C@@H](C)OC(=O)c2ccc(S(=O)(=O)N3CCCC3)cc2)c1. The van der Waals surface area contributed by atoms with Crippen molar-refractivity contribution in [3.63, 3.8) is 0 Å². The number of hydrogen-bond donors (Lipinski definition) is 1. The van der Waals surface area contributed by atoms with Crippen molar-refractivity contribution in [2.75, 3.05) is 18.4 Å². The molecule has 1 atom stereocenters. The van der Waals surface area contributed by atoms with Crippen LogP contribution < -0.4 is 5.32 Å². The van der Waals surface area contributed by atoms with Crippen LogP contribution in [0.15, 0.2) is 53.4 Å². The van der Waals surface area contributed by atoms with Gasteiger partial charge in [0.2, 0.25) is 10.0 Å². The molecule has 1 N–H and O–H groups in total. The van der Waals surface area contributed by atoms with Gasteiger partial charge in [-0.25, -0.2) is 13.2 Å². The number of sulfonamides is 1. The van der Waals surface area contributed by atoms with Crippen LogP contribution in [0.1, 0.15) is 35.7 Å². The highest BCUT2D eigenvalue weighted by Gasteiger charge is 2.27. The summed E-state index contributed by atoms with van der Waals surface area (Å²) in [4.78, 5) is 24.7. The van der Waals surface area contributed by atoms with Crippen LogP contribution in [-0.4, -0.2) is 43.8 Å². The predicted molar refractivity (Wildman–Crippen MR) is 109 cm³/mol. The van der Waals surface area contributed by atoms with Gasteiger partial charge in [0.1, 0.15) is 0 Å². The molecule has 8 heteroatoms. The highest BCUT2D eigenvalue weighted by Crippen LogP contribution is 2.21. The second-order valence-electron chi connectivity index (χ2n) is 7.04. The summed E-state index contributed by atoms with van der Waals surface area (Å²) in [6, 6.07) is 12.9. The van der Waals surface area contributed by atoms with Gasteiger partial charge in [-0.2, -0.15) is 4.31 Å². The van der Waals surface area contributed by atoms with E-state index in [1.807, 2.05) is 25.1 Å². The third-order valence-corrected chi connectivity index (χ3v) is 6.64. The Balaban J connectivity index is 1.62. The van der Waals surface area contributed by atoms with Crippen molar-refractivity contribution >= 4 is 27.6 Å². The van der Waals surface area contributed by atoms with E-state index in [2.05, 4.69) is 5.32 Å². The highest BCUT2D eigenvalue weighted by molar-refractivity contribution is 7.89. The number of ether oxygens (including phenoxy) is 1. The molecule has 1 aliphatic rings. The first-order valence-electron chi connectivity index (χ1n) is 9.46. The van der Waals surface area contributed by atoms with E-state index in [0.29, 0.717) is 18.8 Å². The fourth-order valence-corrected chi connectivity index (χ4v) is 4.61. The van der Waals surface area contributed by atoms with E-state index in [9.17, 15) is 18.0 Å². The third kappa shape index (κ3) is 5.02. The van der Waals surface area contributed by atoms with Gasteiger partial charge in [0.25, 0.3) is 5.91 Å². The first kappa shape index (κ1) is 21.0. The van der Waals surface area contributed by atoms with Crippen molar-refractivity contribution in [2.24, 2.45) is 0 Å². The summed E-state index contributed by atoms with van der Waals surface area (Å²) in [5.74, 6) is -1.14. The molecule has 3 rings (SSSR count). The molecule has 0 bridgehead atoms. The molecule has 0 radical (unpaired) electrons. The number of carbonyl (C=O) groups excluding carboxylic acids is 2. The zero-order valence-electron chi connectivity index (χ0n) is 16.4. The van der Waals surface area contributed by atoms with Gasteiger partial charge in [0.05, 0.1) is 10.5 Å². The predicted octanol–water partition coefficient (Wildman–Crippen LogP) is 2.96. The van der Waals surface area contributed by atoms with Crippen LogP contribution in [-0.2, 0) is 19.6 Å². The maximum atomic E-state index is 12.5. The minimum absolute atomic E-state index is 0.140. The lowest BCUT2D eigenvalue weighted by Crippen LogP contribution is -2.30. The second kappa shape index (κ2) is 8.75. The van der Waals surface area contributed by atoms with Gasteiger partial charge in [-0.15, -0.1) is 0 Å². The number of nitrogens with one attached hydrogen (secondary N) is 1. The summed E-state index contributed by atoms with van der Waals surface area (Å²) in [7, 11) is -3.54. The molecule has 0 spiro atoms. The molecular weight excluding hydrogens is 392 g/mol. The average Bonchev–Trinajstić information content (AvgIpc) is 3.23. The maximum Gasteiger partial charge on any atom is 0.338 e. The van der Waals surface area contributed by atoms with Gasteiger partial charge in [-0.1, -0.05) is 12.1 Å². The molecule has 1 fully saturated rings. The zero-order chi connectivity index (χ0) is 21.0. The molecule has 29 heavy (non-hydrogen) atoms. The smallest absolute Gasteiger partial charge is 0.338 e. The monoisotopic (exact) mass is 416 g/mol. The summed E-state index contributed by atoms with van der Waals surface area (Å²) in [6.45, 7) is 4.42. The Morgan fingerprint density at radius 1 is 1.07 bits per heavy atom. The lowest BCUT2D eigenvalue weighted by molar-refractivity contribution is -0.123. The molecule has 2 aromatic rings. The van der Waals surface area contributed by atoms with Crippen LogP contribution in [0.2, 0.25) is 0 Å². The topological polar surface area (TPSA) is 92.8 Å². The van der Waals surface area contributed by atoms with E-state index in [-0.39, 0.29) is 10.5 Å². The zero-order valence-corrected chi connectivity index (χ0v) is 17.2. The van der Waals surface area contributed by atoms with Gasteiger partial charge in [0, 0.05) is 18.8 Å². The number of aryl methyl sites for hydroxylation is 1. The van der Waals surface area contributed by atoms with Crippen molar-refractivity contribution < 1.29 is 22.7 Å². The lowest BCUT2D eigenvalue weighted by atomic mass is 10.2. The number of rotatable bonds is 6. The Kier molecular flexibility index (Phi) is 6.34. The quantitative estimate of drug-likeness (QED) is 0.731. The van der Waals surface area contributed by atoms with E-state index in [1.54, 1.807) is 6.07 Å². The van der Waals surface area contributed by atoms with Crippen LogP contribution >= 0.6 is 0 Å². The van der Waals surface area contributed by atoms with Gasteiger partial charge in [0.15, 0.2) is 6.10 Å². The molecule has 0 saturated carbocycles. The fraction of sp³-hybridized carbons (Fsp3) is 0.333. The van der Waals surface area contributed by atoms with E-state index < -0.39 is 28.0 Å². The highest BCUT2D eigenvalue weighted by atomic mass is 32.2. The average molecular weight is 416 g/mol. The summed E-state index contributed by atoms with van der Waals surface area (Å²) in [5, 5.41) is 2.70. The van der Waals surface area contributed by atoms with E-state index in [4.69, 9.17) is 4.74 Å². The summed E-state index contributed by atoms with van der Waals surface area (Å²) in [6.07, 6.45) is 0.703. The number of anilines is 1. The summed E-state index contributed by atoms with van der Waals surface area (Å²) >= 11 is 0. The van der Waals surface area contributed by atoms with Crippen LogP contribution in [0.25, 0.3) is 0 Å². The van der Waals surface area contributed by atoms with Crippen molar-refractivity contribution in [3.8, 4) is 0 Å². The molecule has 1 amide bonds. The molecule has 2 aromatic carbocycles. The Hall–Kier alpha value is -2.71. The van der Waals surface area contributed by atoms with Crippen LogP contribution in [0.3, 0.4) is 0 Å². The molecule has 7 nitrogen and oxygen atoms in total. The Morgan fingerprint density at radius 3 is 2.34 bits per heavy atom. The van der Waals surface area contributed by atoms with Gasteiger partial charge in [-0.05, 0) is 68.7 Å². The Bertz CT molecular complexity index is 996. The van der Waals surface area contributed by atoms with Gasteiger partial charge >= 0.3 is 5.97 Å². The summed E-state index contributed by atoms with van der Waals surface area (Å²) < 4.78 is 31.7. The van der Waals surface area contributed by atoms with Crippen molar-refractivity contribution in [1.29, 1.82) is 0 Å². The standard InChI is InChI=1S/C21H24N2O5S/c1-15-6-5-7-18(14-15)22-20(24)16(2)28-21(25)17-8-10-19(11-9-17)29(26,27)23-12-3-4-13-23/h5-11,14,16H,3-4,12-13H2,1-2H3,(H,22,24)/t16-/m1/s1. The molecule has 1 saturated heterocycles. The number of esters is 1. The van der Waals surface area contributed by atoms with Crippen molar-refractivity contribution in [1.82, 2.24) is 4.31 Å². The van der Waals surface area contributed by atoms with Crippen LogP contribution in [0.5, 0.6) is 0 Å². The van der Waals surface area contributed by atoms with Crippen molar-refractivity contribution in [2.45, 2.75) is 37.7 Å². The first-order valence-corrected chi connectivity index (χ1v) is 10.9. The fourth-order valence-electron chi connectivity index (χ4n) is 3.09. The molecule has 154 valence electrons. The Labute approximate surface area is 170 Å². The van der Waals surface area contributed by atoms with Gasteiger partial charge < -0.3 is 10.1 Å². The number of nitrogens with zero attached hydrogens (tertiary/aromatic N) is 1. The number of hydrogen-bond acceptors (Lipinski definition) is 5. The van der Waals surface area contributed by atoms with E-state index in [1.165, 1.54) is 35.5 Å². The lowest BCUT2D eigenvalue weighted by Gasteiger charge is -2.16. The first-order chi connectivity index (χ1) is 13.8. The summed E-state index contributed by atoms with van der Waals surface area (Å²) in [5.41, 5.74) is 1.80. The molecule has 1 heterocycles. The molecular formula is C21H24N2O5S. The minimum Gasteiger partial charge on any atom is -0.449 e. The second-order valence-corrected chi connectivity index (χ2v) is 8.98. The maximum absolute atomic E-state index is 12.5. The third-order valence-electron chi connectivity index (χ3n) is 4.73. The molecule has 1 aliphatic heterocycles. The van der Waals surface area contributed by atoms with Gasteiger partial charge in [-0.3, -0.25) is 4.79 Å². The van der Waals surface area contributed by atoms with Crippen LogP contribution in [0.4, 0.5) is 5.69 Å². The number of carbonyl (C=O) groups is 2. The van der Waals surface area contributed by atoms with E-state index in [0.717, 1.165) is 18.4 Å². The minimum atomic E-state index is -3.54. The van der Waals surface area contributed by atoms with Crippen LogP contribution in [0, 0.1) is 6.92 Å². The molecule has 0 aliphatic carbocycles. The number of amides is 1. The number of benzene rings is 2. The molecule has 0 aromatic heterocycles. The Morgan fingerprint density at radius 2 is 1.72 bits per heavy atom. The normalized spacial score (nSPS) is 15.7. The largest absolute Gasteiger partial charge is 0.449 e. The molecule has 0 unspecified atom stereocenters. The van der Waals surface area contributed by atoms with E-state index >= 15 is 0 Å². The van der Waals surface area contributed by atoms with Crippen molar-refractivity contribution in [3.05, 3.63) is 59.7 Å².